The molecule has 0 aliphatic carbocycles. The quantitative estimate of drug-likeness (QED) is 0.119. The summed E-state index contributed by atoms with van der Waals surface area (Å²) in [5.41, 5.74) is 3.45. The Kier molecular flexibility index (Phi) is 9.97. The number of amides is 1. The molecule has 4 rings (SSSR count). The van der Waals surface area contributed by atoms with Crippen molar-refractivity contribution < 1.29 is 28.9 Å². The summed E-state index contributed by atoms with van der Waals surface area (Å²) in [7, 11) is 1.59. The van der Waals surface area contributed by atoms with Crippen LogP contribution < -0.4 is 9.47 Å². The Morgan fingerprint density at radius 1 is 0.875 bits per heavy atom. The van der Waals surface area contributed by atoms with Crippen molar-refractivity contribution in [1.29, 1.82) is 0 Å². The number of hydrogen-bond donors (Lipinski definition) is 1. The smallest absolute Gasteiger partial charge is 0.295 e. The third-order valence-electron chi connectivity index (χ3n) is 7.03. The number of hydrogen-bond acceptors (Lipinski definition) is 6. The van der Waals surface area contributed by atoms with Gasteiger partial charge in [-0.25, -0.2) is 0 Å². The second kappa shape index (κ2) is 13.8. The summed E-state index contributed by atoms with van der Waals surface area (Å²) in [4.78, 5) is 27.9. The molecule has 1 atom stereocenters. The monoisotopic (exact) mass is 543 g/mol. The van der Waals surface area contributed by atoms with E-state index in [4.69, 9.17) is 14.2 Å². The molecule has 1 aliphatic rings. The van der Waals surface area contributed by atoms with Gasteiger partial charge < -0.3 is 24.2 Å². The van der Waals surface area contributed by atoms with E-state index in [1.807, 2.05) is 55.5 Å². The van der Waals surface area contributed by atoms with Crippen molar-refractivity contribution in [2.75, 3.05) is 26.9 Å². The van der Waals surface area contributed by atoms with Gasteiger partial charge in [0, 0.05) is 25.8 Å². The first kappa shape index (κ1) is 28.9. The van der Waals surface area contributed by atoms with E-state index in [0.29, 0.717) is 44.1 Å². The van der Waals surface area contributed by atoms with E-state index >= 15 is 0 Å². The summed E-state index contributed by atoms with van der Waals surface area (Å²) in [6.45, 7) is 5.95. The number of aryl methyl sites for hydroxylation is 1. The fourth-order valence-corrected chi connectivity index (χ4v) is 4.71. The highest BCUT2D eigenvalue weighted by atomic mass is 16.5. The van der Waals surface area contributed by atoms with Crippen LogP contribution in [0.3, 0.4) is 0 Å². The molecular formula is C33H37NO6. The van der Waals surface area contributed by atoms with E-state index in [9.17, 15) is 14.7 Å². The van der Waals surface area contributed by atoms with Gasteiger partial charge in [-0.2, -0.15) is 0 Å². The van der Waals surface area contributed by atoms with Crippen LogP contribution in [0.5, 0.6) is 11.5 Å². The zero-order chi connectivity index (χ0) is 28.5. The Labute approximate surface area is 236 Å². The Bertz CT molecular complexity index is 1330. The molecule has 0 bridgehead atoms. The third-order valence-corrected chi connectivity index (χ3v) is 7.03. The van der Waals surface area contributed by atoms with Gasteiger partial charge in [-0.3, -0.25) is 9.59 Å². The fourth-order valence-electron chi connectivity index (χ4n) is 4.71. The van der Waals surface area contributed by atoms with Crippen molar-refractivity contribution in [1.82, 2.24) is 4.90 Å². The maximum atomic E-state index is 13.3. The summed E-state index contributed by atoms with van der Waals surface area (Å²) in [6.07, 6.45) is 2.55. The maximum Gasteiger partial charge on any atom is 0.295 e. The van der Waals surface area contributed by atoms with Crippen LogP contribution in [0.1, 0.15) is 54.5 Å². The number of benzene rings is 3. The zero-order valence-electron chi connectivity index (χ0n) is 23.4. The van der Waals surface area contributed by atoms with Crippen LogP contribution in [0.4, 0.5) is 0 Å². The average molecular weight is 544 g/mol. The Morgan fingerprint density at radius 2 is 1.55 bits per heavy atom. The Hall–Kier alpha value is -4.10. The van der Waals surface area contributed by atoms with E-state index in [2.05, 4.69) is 6.92 Å². The molecule has 40 heavy (non-hydrogen) atoms. The zero-order valence-corrected chi connectivity index (χ0v) is 23.4. The van der Waals surface area contributed by atoms with Crippen LogP contribution in [0.15, 0.2) is 78.4 Å². The first-order valence-electron chi connectivity index (χ1n) is 13.7. The number of aliphatic hydroxyl groups is 1. The molecule has 0 saturated carbocycles. The summed E-state index contributed by atoms with van der Waals surface area (Å²) >= 11 is 0. The number of nitrogens with zero attached hydrogens (tertiary/aromatic N) is 1. The van der Waals surface area contributed by atoms with E-state index < -0.39 is 17.7 Å². The van der Waals surface area contributed by atoms with Crippen molar-refractivity contribution in [2.24, 2.45) is 0 Å². The molecule has 7 nitrogen and oxygen atoms in total. The fraction of sp³-hybridized carbons (Fsp3) is 0.333. The highest BCUT2D eigenvalue weighted by molar-refractivity contribution is 6.46. The Balaban J connectivity index is 1.61. The molecule has 1 fully saturated rings. The minimum atomic E-state index is -0.724. The molecule has 1 aliphatic heterocycles. The van der Waals surface area contributed by atoms with Gasteiger partial charge in [-0.1, -0.05) is 49.7 Å². The number of methoxy groups -OCH3 is 1. The van der Waals surface area contributed by atoms with E-state index in [1.165, 1.54) is 4.90 Å². The van der Waals surface area contributed by atoms with Gasteiger partial charge in [-0.05, 0) is 72.9 Å². The number of carbonyl (C=O) groups excluding carboxylic acids is 2. The van der Waals surface area contributed by atoms with Crippen LogP contribution in [-0.2, 0) is 20.9 Å². The van der Waals surface area contributed by atoms with Crippen LogP contribution in [0.25, 0.3) is 5.76 Å². The number of rotatable bonds is 13. The van der Waals surface area contributed by atoms with Crippen LogP contribution in [0, 0.1) is 6.92 Å². The van der Waals surface area contributed by atoms with Crippen molar-refractivity contribution >= 4 is 17.4 Å². The normalized spacial score (nSPS) is 16.4. The highest BCUT2D eigenvalue weighted by Crippen LogP contribution is 2.40. The van der Waals surface area contributed by atoms with Gasteiger partial charge in [0.05, 0.1) is 18.2 Å². The lowest BCUT2D eigenvalue weighted by Gasteiger charge is -2.25. The summed E-state index contributed by atoms with van der Waals surface area (Å²) < 4.78 is 16.9. The van der Waals surface area contributed by atoms with E-state index in [0.717, 1.165) is 35.3 Å². The Morgan fingerprint density at radius 3 is 2.23 bits per heavy atom. The number of carbonyl (C=O) groups is 2. The average Bonchev–Trinajstić information content (AvgIpc) is 3.22. The molecule has 0 aromatic heterocycles. The molecule has 1 heterocycles. The number of Topliss-reactive ketones (excluding diaryl/α,β-unsaturated/α-hetero) is 1. The van der Waals surface area contributed by atoms with Crippen LogP contribution >= 0.6 is 0 Å². The molecular weight excluding hydrogens is 506 g/mol. The van der Waals surface area contributed by atoms with E-state index in [-0.39, 0.29) is 11.3 Å². The lowest BCUT2D eigenvalue weighted by molar-refractivity contribution is -0.140. The van der Waals surface area contributed by atoms with Gasteiger partial charge in [0.2, 0.25) is 0 Å². The summed E-state index contributed by atoms with van der Waals surface area (Å²) in [5, 5.41) is 11.4. The lowest BCUT2D eigenvalue weighted by Crippen LogP contribution is -2.31. The standard InChI is InChI=1S/C33H37NO6/c1-4-5-21-39-27-15-11-24(12-16-27)30-29(32(36)33(37)34(30)19-8-20-38-3)31(35)25-13-17-28(18-14-25)40-22-26-10-7-6-9-23(26)2/h6-7,9-18,30,35H,4-5,8,19-22H2,1-3H3/b31-29+. The number of ketones is 1. The second-order valence-corrected chi connectivity index (χ2v) is 9.85. The molecule has 1 amide bonds. The minimum Gasteiger partial charge on any atom is -0.507 e. The molecule has 1 N–H and O–H groups in total. The SMILES string of the molecule is CCCCOc1ccc(C2/C(=C(\O)c3ccc(OCc4ccccc4C)cc3)C(=O)C(=O)N2CCCOC)cc1. The molecule has 0 spiro atoms. The van der Waals surface area contributed by atoms with Gasteiger partial charge in [0.15, 0.2) is 0 Å². The maximum absolute atomic E-state index is 13.3. The topological polar surface area (TPSA) is 85.3 Å². The van der Waals surface area contributed by atoms with Crippen molar-refractivity contribution in [3.63, 3.8) is 0 Å². The predicted molar refractivity (Wildman–Crippen MR) is 154 cm³/mol. The van der Waals surface area contributed by atoms with Gasteiger partial charge >= 0.3 is 0 Å². The largest absolute Gasteiger partial charge is 0.507 e. The van der Waals surface area contributed by atoms with E-state index in [1.54, 1.807) is 31.4 Å². The van der Waals surface area contributed by atoms with Gasteiger partial charge in [0.1, 0.15) is 23.9 Å². The highest BCUT2D eigenvalue weighted by Gasteiger charge is 2.45. The lowest BCUT2D eigenvalue weighted by atomic mass is 9.95. The minimum absolute atomic E-state index is 0.0654. The summed E-state index contributed by atoms with van der Waals surface area (Å²) in [5.74, 6) is -0.205. The first-order valence-corrected chi connectivity index (χ1v) is 13.7. The molecule has 3 aromatic carbocycles. The van der Waals surface area contributed by atoms with Crippen LogP contribution in [-0.4, -0.2) is 48.6 Å². The van der Waals surface area contributed by atoms with Gasteiger partial charge in [-0.15, -0.1) is 0 Å². The third kappa shape index (κ3) is 6.72. The molecule has 0 radical (unpaired) electrons. The van der Waals surface area contributed by atoms with Crippen LogP contribution in [0.2, 0.25) is 0 Å². The molecule has 1 saturated heterocycles. The molecule has 210 valence electrons. The second-order valence-electron chi connectivity index (χ2n) is 9.85. The number of likely N-dealkylation sites (tertiary alicyclic amines) is 1. The van der Waals surface area contributed by atoms with Gasteiger partial charge in [0.25, 0.3) is 11.7 Å². The van der Waals surface area contributed by atoms with Crippen molar-refractivity contribution in [2.45, 2.75) is 45.8 Å². The predicted octanol–water partition coefficient (Wildman–Crippen LogP) is 6.21. The number of unbranched alkanes of at least 4 members (excludes halogenated alkanes) is 1. The molecule has 1 unspecified atom stereocenters. The molecule has 3 aromatic rings. The van der Waals surface area contributed by atoms with Crippen molar-refractivity contribution in [3.05, 3.63) is 101 Å². The van der Waals surface area contributed by atoms with Crippen molar-refractivity contribution in [3.8, 4) is 11.5 Å². The summed E-state index contributed by atoms with van der Waals surface area (Å²) in [6, 6.07) is 21.5. The number of ether oxygens (including phenoxy) is 3. The molecule has 7 heteroatoms. The number of aliphatic hydroxyl groups excluding tert-OH is 1. The first-order chi connectivity index (χ1) is 19.4.